The lowest BCUT2D eigenvalue weighted by atomic mass is 10.3. The molecule has 0 spiro atoms. The van der Waals surface area contributed by atoms with Gasteiger partial charge in [0.2, 0.25) is 11.7 Å². The van der Waals surface area contributed by atoms with E-state index in [2.05, 4.69) is 9.98 Å². The number of benzene rings is 1. The summed E-state index contributed by atoms with van der Waals surface area (Å²) in [6, 6.07) is 5.20. The molecule has 1 heterocycles. The van der Waals surface area contributed by atoms with Crippen LogP contribution in [0.3, 0.4) is 0 Å². The van der Waals surface area contributed by atoms with Crippen molar-refractivity contribution < 1.29 is 9.53 Å². The molecule has 0 N–H and O–H groups in total. The molecule has 0 saturated carbocycles. The first-order chi connectivity index (χ1) is 12.3. The summed E-state index contributed by atoms with van der Waals surface area (Å²) in [6.45, 7) is 1.82. The van der Waals surface area contributed by atoms with E-state index in [1.807, 2.05) is 40.0 Å². The smallest absolute Gasteiger partial charge is 0.241 e. The Balaban J connectivity index is 2.25. The summed E-state index contributed by atoms with van der Waals surface area (Å²) in [7, 11) is 7.46. The van der Waals surface area contributed by atoms with E-state index in [1.54, 1.807) is 35.6 Å². The highest BCUT2D eigenvalue weighted by Crippen LogP contribution is 2.35. The molecule has 2 aromatic rings. The van der Waals surface area contributed by atoms with E-state index < -0.39 is 0 Å². The van der Waals surface area contributed by atoms with Gasteiger partial charge in [-0.15, -0.1) is 11.3 Å². The molecule has 0 aliphatic carbocycles. The van der Waals surface area contributed by atoms with Gasteiger partial charge >= 0.3 is 0 Å². The number of rotatable bonds is 7. The standard InChI is InChI=1S/C18H21ClN4O2S/c1-12-21-18(17(26-12)15(24)8-9-22(2)3)25-16-7-6-13(10-14(16)19)20-11-23(4)5/h6-11H,1-5H3/b9-8+,20-11+. The SMILES string of the molecule is Cc1nc(Oc2ccc(/N=C/N(C)C)cc2Cl)c(C(=O)/C=C/N(C)C)s1. The second-order valence-corrected chi connectivity index (χ2v) is 7.55. The van der Waals surface area contributed by atoms with Gasteiger partial charge in [-0.05, 0) is 25.1 Å². The summed E-state index contributed by atoms with van der Waals surface area (Å²) in [4.78, 5) is 25.0. The van der Waals surface area contributed by atoms with Crippen molar-refractivity contribution in [1.82, 2.24) is 14.8 Å². The molecule has 0 unspecified atom stereocenters. The highest BCUT2D eigenvalue weighted by atomic mass is 35.5. The van der Waals surface area contributed by atoms with Crippen LogP contribution in [-0.4, -0.2) is 55.1 Å². The number of allylic oxidation sites excluding steroid dienone is 1. The first kappa shape index (κ1) is 19.9. The van der Waals surface area contributed by atoms with Crippen LogP contribution in [0.15, 0.2) is 35.5 Å². The molecule has 0 amide bonds. The molecule has 0 aliphatic heterocycles. The normalized spacial score (nSPS) is 11.3. The van der Waals surface area contributed by atoms with E-state index in [0.29, 0.717) is 21.3 Å². The zero-order valence-electron chi connectivity index (χ0n) is 15.4. The van der Waals surface area contributed by atoms with Crippen LogP contribution >= 0.6 is 22.9 Å². The summed E-state index contributed by atoms with van der Waals surface area (Å²) in [5, 5.41) is 1.14. The number of hydrogen-bond acceptors (Lipinski definition) is 6. The van der Waals surface area contributed by atoms with E-state index in [0.717, 1.165) is 5.01 Å². The van der Waals surface area contributed by atoms with Crippen LogP contribution in [-0.2, 0) is 0 Å². The minimum absolute atomic E-state index is 0.164. The molecule has 1 aromatic heterocycles. The maximum Gasteiger partial charge on any atom is 0.241 e. The fourth-order valence-corrected chi connectivity index (χ4v) is 2.84. The molecule has 2 rings (SSSR count). The molecule has 0 bridgehead atoms. The van der Waals surface area contributed by atoms with Crippen LogP contribution in [0.5, 0.6) is 11.6 Å². The average molecular weight is 393 g/mol. The third-order valence-corrected chi connectivity index (χ3v) is 4.27. The van der Waals surface area contributed by atoms with Gasteiger partial charge < -0.3 is 14.5 Å². The van der Waals surface area contributed by atoms with Gasteiger partial charge in [-0.3, -0.25) is 4.79 Å². The molecule has 6 nitrogen and oxygen atoms in total. The number of aryl methyl sites for hydroxylation is 1. The Labute approximate surface area is 162 Å². The molecule has 0 atom stereocenters. The van der Waals surface area contributed by atoms with Gasteiger partial charge in [0, 0.05) is 40.5 Å². The van der Waals surface area contributed by atoms with E-state index in [1.165, 1.54) is 17.4 Å². The number of thiazole rings is 1. The third-order valence-electron chi connectivity index (χ3n) is 3.01. The van der Waals surface area contributed by atoms with Crippen LogP contribution in [0.25, 0.3) is 0 Å². The fourth-order valence-electron chi connectivity index (χ4n) is 1.86. The van der Waals surface area contributed by atoms with Crippen LogP contribution in [0.2, 0.25) is 5.02 Å². The summed E-state index contributed by atoms with van der Waals surface area (Å²) >= 11 is 7.58. The minimum atomic E-state index is -0.164. The molecule has 1 aromatic carbocycles. The lowest BCUT2D eigenvalue weighted by Gasteiger charge is -2.08. The molecular weight excluding hydrogens is 372 g/mol. The Kier molecular flexibility index (Phi) is 6.76. The highest BCUT2D eigenvalue weighted by molar-refractivity contribution is 7.14. The maximum absolute atomic E-state index is 12.4. The lowest BCUT2D eigenvalue weighted by molar-refractivity contribution is 0.104. The highest BCUT2D eigenvalue weighted by Gasteiger charge is 2.18. The minimum Gasteiger partial charge on any atom is -0.436 e. The Hall–Kier alpha value is -2.38. The number of ether oxygens (including phenoxy) is 1. The second-order valence-electron chi connectivity index (χ2n) is 5.94. The summed E-state index contributed by atoms with van der Waals surface area (Å²) < 4.78 is 5.81. The number of carbonyl (C=O) groups is 1. The summed E-state index contributed by atoms with van der Waals surface area (Å²) in [6.07, 6.45) is 4.86. The van der Waals surface area contributed by atoms with Gasteiger partial charge in [0.05, 0.1) is 22.1 Å². The molecule has 0 fully saturated rings. The van der Waals surface area contributed by atoms with Crippen LogP contribution in [0, 0.1) is 6.92 Å². The summed E-state index contributed by atoms with van der Waals surface area (Å²) in [5.74, 6) is 0.515. The Bertz CT molecular complexity index is 844. The number of nitrogens with zero attached hydrogens (tertiary/aromatic N) is 4. The molecule has 0 saturated heterocycles. The van der Waals surface area contributed by atoms with Crippen molar-refractivity contribution in [2.24, 2.45) is 4.99 Å². The van der Waals surface area contributed by atoms with Crippen molar-refractivity contribution in [1.29, 1.82) is 0 Å². The van der Waals surface area contributed by atoms with Crippen LogP contribution in [0.4, 0.5) is 5.69 Å². The topological polar surface area (TPSA) is 58.0 Å². The maximum atomic E-state index is 12.4. The lowest BCUT2D eigenvalue weighted by Crippen LogP contribution is -2.06. The largest absolute Gasteiger partial charge is 0.436 e. The Morgan fingerprint density at radius 1 is 1.27 bits per heavy atom. The number of carbonyl (C=O) groups excluding carboxylic acids is 1. The van der Waals surface area contributed by atoms with Crippen molar-refractivity contribution in [3.05, 3.63) is 45.4 Å². The second kappa shape index (κ2) is 8.82. The number of hydrogen-bond donors (Lipinski definition) is 0. The fraction of sp³-hybridized carbons (Fsp3) is 0.278. The molecule has 138 valence electrons. The van der Waals surface area contributed by atoms with Crippen molar-refractivity contribution in [2.75, 3.05) is 28.2 Å². The predicted octanol–water partition coefficient (Wildman–Crippen LogP) is 4.38. The van der Waals surface area contributed by atoms with Crippen LogP contribution in [0.1, 0.15) is 14.7 Å². The van der Waals surface area contributed by atoms with Crippen molar-refractivity contribution >= 4 is 40.7 Å². The molecule has 26 heavy (non-hydrogen) atoms. The first-order valence-corrected chi connectivity index (χ1v) is 9.00. The molecular formula is C18H21ClN4O2S. The number of ketones is 1. The number of aliphatic imine (C=N–C) groups is 1. The monoisotopic (exact) mass is 392 g/mol. The zero-order chi connectivity index (χ0) is 19.3. The van der Waals surface area contributed by atoms with Gasteiger partial charge in [-0.25, -0.2) is 9.98 Å². The van der Waals surface area contributed by atoms with Crippen molar-refractivity contribution in [3.63, 3.8) is 0 Å². The van der Waals surface area contributed by atoms with E-state index >= 15 is 0 Å². The summed E-state index contributed by atoms with van der Waals surface area (Å²) in [5.41, 5.74) is 0.704. The number of aromatic nitrogens is 1. The number of halogens is 1. The molecule has 0 radical (unpaired) electrons. The van der Waals surface area contributed by atoms with E-state index in [-0.39, 0.29) is 11.7 Å². The Morgan fingerprint density at radius 3 is 2.62 bits per heavy atom. The van der Waals surface area contributed by atoms with Gasteiger partial charge in [-0.2, -0.15) is 0 Å². The Morgan fingerprint density at radius 2 is 2.00 bits per heavy atom. The van der Waals surface area contributed by atoms with Crippen molar-refractivity contribution in [3.8, 4) is 11.6 Å². The van der Waals surface area contributed by atoms with Gasteiger partial charge in [-0.1, -0.05) is 11.6 Å². The third kappa shape index (κ3) is 5.57. The zero-order valence-corrected chi connectivity index (χ0v) is 16.9. The van der Waals surface area contributed by atoms with E-state index in [9.17, 15) is 4.79 Å². The van der Waals surface area contributed by atoms with Gasteiger partial charge in [0.25, 0.3) is 0 Å². The predicted molar refractivity (Wildman–Crippen MR) is 107 cm³/mol. The van der Waals surface area contributed by atoms with Gasteiger partial charge in [0.1, 0.15) is 10.6 Å². The van der Waals surface area contributed by atoms with Gasteiger partial charge in [0.15, 0.2) is 0 Å². The van der Waals surface area contributed by atoms with Crippen molar-refractivity contribution in [2.45, 2.75) is 6.92 Å². The van der Waals surface area contributed by atoms with E-state index in [4.69, 9.17) is 16.3 Å². The molecule has 0 aliphatic rings. The first-order valence-electron chi connectivity index (χ1n) is 7.80. The van der Waals surface area contributed by atoms with Crippen LogP contribution < -0.4 is 4.74 Å². The molecule has 8 heteroatoms. The average Bonchev–Trinajstić information content (AvgIpc) is 2.93. The quantitative estimate of drug-likeness (QED) is 0.303.